The largest absolute Gasteiger partial charge is 0.493 e. The molecule has 2 aromatic rings. The van der Waals surface area contributed by atoms with E-state index in [0.717, 1.165) is 0 Å². The zero-order valence-electron chi connectivity index (χ0n) is 10.3. The van der Waals surface area contributed by atoms with Gasteiger partial charge in [0.05, 0.1) is 12.6 Å². The van der Waals surface area contributed by atoms with Crippen molar-refractivity contribution in [3.05, 3.63) is 18.0 Å². The molecule has 0 bridgehead atoms. The Hall–Kier alpha value is -2.22. The number of halogens is 2. The Labute approximate surface area is 107 Å². The number of anilines is 1. The zero-order chi connectivity index (χ0) is 14.0. The number of nitrogens with one attached hydrogen (secondary N) is 1. The molecule has 0 unspecified atom stereocenters. The number of hydrazine groups is 1. The van der Waals surface area contributed by atoms with Gasteiger partial charge < -0.3 is 14.9 Å². The Morgan fingerprint density at radius 1 is 1.26 bits per heavy atom. The maximum Gasteiger partial charge on any atom is 0.387 e. The molecule has 8 heteroatoms. The summed E-state index contributed by atoms with van der Waals surface area (Å²) in [7, 11) is 1.35. The number of benzene rings is 1. The second-order valence-corrected chi connectivity index (χ2v) is 3.66. The summed E-state index contributed by atoms with van der Waals surface area (Å²) in [5, 5.41) is 0.548. The van der Waals surface area contributed by atoms with Crippen LogP contribution in [0.5, 0.6) is 11.5 Å². The van der Waals surface area contributed by atoms with Crippen molar-refractivity contribution in [3.63, 3.8) is 0 Å². The van der Waals surface area contributed by atoms with E-state index in [1.807, 2.05) is 0 Å². The molecule has 0 aliphatic rings. The SMILES string of the molecule is COc1cc2c(NN)nc(C)nc2cc1OC(F)F. The minimum Gasteiger partial charge on any atom is -0.493 e. The van der Waals surface area contributed by atoms with Crippen LogP contribution < -0.4 is 20.7 Å². The van der Waals surface area contributed by atoms with Gasteiger partial charge in [0.15, 0.2) is 17.3 Å². The molecule has 1 aromatic carbocycles. The molecule has 3 N–H and O–H groups in total. The van der Waals surface area contributed by atoms with Gasteiger partial charge in [-0.15, -0.1) is 0 Å². The van der Waals surface area contributed by atoms with E-state index in [9.17, 15) is 8.78 Å². The van der Waals surface area contributed by atoms with Gasteiger partial charge in [0.2, 0.25) is 0 Å². The summed E-state index contributed by atoms with van der Waals surface area (Å²) in [5.41, 5.74) is 2.85. The number of nitrogens with two attached hydrogens (primary N) is 1. The average molecular weight is 270 g/mol. The highest BCUT2D eigenvalue weighted by molar-refractivity contribution is 5.91. The van der Waals surface area contributed by atoms with Crippen LogP contribution in [0.4, 0.5) is 14.6 Å². The lowest BCUT2D eigenvalue weighted by Gasteiger charge is -2.12. The fourth-order valence-corrected chi connectivity index (χ4v) is 1.71. The number of fused-ring (bicyclic) bond motifs is 1. The summed E-state index contributed by atoms with van der Waals surface area (Å²) in [4.78, 5) is 8.23. The first-order valence-corrected chi connectivity index (χ1v) is 5.33. The third-order valence-corrected chi connectivity index (χ3v) is 2.45. The number of hydrogen-bond acceptors (Lipinski definition) is 6. The average Bonchev–Trinajstić information content (AvgIpc) is 2.36. The lowest BCUT2D eigenvalue weighted by atomic mass is 10.2. The molecule has 2 rings (SSSR count). The molecule has 1 aromatic heterocycles. The number of rotatable bonds is 4. The molecule has 0 aliphatic heterocycles. The predicted octanol–water partition coefficient (Wildman–Crippen LogP) is 1.83. The first-order valence-electron chi connectivity index (χ1n) is 5.33. The second-order valence-electron chi connectivity index (χ2n) is 3.66. The lowest BCUT2D eigenvalue weighted by molar-refractivity contribution is -0.0511. The molecule has 0 fully saturated rings. The van der Waals surface area contributed by atoms with Crippen LogP contribution in [-0.2, 0) is 0 Å². The smallest absolute Gasteiger partial charge is 0.387 e. The van der Waals surface area contributed by atoms with E-state index in [1.165, 1.54) is 19.2 Å². The summed E-state index contributed by atoms with van der Waals surface area (Å²) in [6.07, 6.45) is 0. The summed E-state index contributed by atoms with van der Waals surface area (Å²) in [6, 6.07) is 2.84. The van der Waals surface area contributed by atoms with Gasteiger partial charge in [-0.2, -0.15) is 8.78 Å². The van der Waals surface area contributed by atoms with Crippen molar-refractivity contribution in [2.24, 2.45) is 5.84 Å². The number of methoxy groups -OCH3 is 1. The van der Waals surface area contributed by atoms with E-state index in [4.69, 9.17) is 10.6 Å². The quantitative estimate of drug-likeness (QED) is 0.651. The summed E-state index contributed by atoms with van der Waals surface area (Å²) in [6.45, 7) is -1.28. The van der Waals surface area contributed by atoms with Gasteiger partial charge in [-0.25, -0.2) is 15.8 Å². The van der Waals surface area contributed by atoms with E-state index in [2.05, 4.69) is 20.1 Å². The standard InChI is InChI=1S/C11H12F2N4O2/c1-5-15-7-4-9(19-11(12)13)8(18-2)3-6(7)10(16-5)17-14/h3-4,11H,14H2,1-2H3,(H,15,16,17). The molecule has 0 atom stereocenters. The van der Waals surface area contributed by atoms with Crippen molar-refractivity contribution in [2.75, 3.05) is 12.5 Å². The Morgan fingerprint density at radius 3 is 2.58 bits per heavy atom. The number of aryl methyl sites for hydroxylation is 1. The van der Waals surface area contributed by atoms with Crippen molar-refractivity contribution in [3.8, 4) is 11.5 Å². The Kier molecular flexibility index (Phi) is 3.61. The van der Waals surface area contributed by atoms with Crippen LogP contribution in [0.15, 0.2) is 12.1 Å². The highest BCUT2D eigenvalue weighted by Gasteiger charge is 2.15. The van der Waals surface area contributed by atoms with Crippen LogP contribution in [0.2, 0.25) is 0 Å². The highest BCUT2D eigenvalue weighted by atomic mass is 19.3. The number of alkyl halides is 2. The van der Waals surface area contributed by atoms with Gasteiger partial charge in [-0.3, -0.25) is 0 Å². The summed E-state index contributed by atoms with van der Waals surface area (Å²) >= 11 is 0. The Morgan fingerprint density at radius 2 is 2.00 bits per heavy atom. The fraction of sp³-hybridized carbons (Fsp3) is 0.273. The molecule has 0 aliphatic carbocycles. The summed E-state index contributed by atoms with van der Waals surface area (Å²) < 4.78 is 34.0. The van der Waals surface area contributed by atoms with Gasteiger partial charge in [-0.05, 0) is 13.0 Å². The predicted molar refractivity (Wildman–Crippen MR) is 65.3 cm³/mol. The zero-order valence-corrected chi connectivity index (χ0v) is 10.3. The van der Waals surface area contributed by atoms with Crippen LogP contribution in [-0.4, -0.2) is 23.7 Å². The maximum atomic E-state index is 12.3. The van der Waals surface area contributed by atoms with Gasteiger partial charge in [-0.1, -0.05) is 0 Å². The molecular formula is C11H12F2N4O2. The van der Waals surface area contributed by atoms with Gasteiger partial charge in [0.25, 0.3) is 0 Å². The fourth-order valence-electron chi connectivity index (χ4n) is 1.71. The van der Waals surface area contributed by atoms with Crippen LogP contribution in [0.25, 0.3) is 10.9 Å². The Bertz CT molecular complexity index is 607. The van der Waals surface area contributed by atoms with E-state index in [0.29, 0.717) is 22.5 Å². The molecular weight excluding hydrogens is 258 g/mol. The minimum absolute atomic E-state index is 0.0916. The van der Waals surface area contributed by atoms with Crippen molar-refractivity contribution >= 4 is 16.7 Å². The normalized spacial score (nSPS) is 10.8. The molecule has 0 saturated heterocycles. The molecule has 0 saturated carbocycles. The third-order valence-electron chi connectivity index (χ3n) is 2.45. The van der Waals surface area contributed by atoms with Gasteiger partial charge in [0, 0.05) is 11.5 Å². The van der Waals surface area contributed by atoms with Crippen LogP contribution in [0, 0.1) is 6.92 Å². The van der Waals surface area contributed by atoms with Gasteiger partial charge >= 0.3 is 6.61 Å². The monoisotopic (exact) mass is 270 g/mol. The van der Waals surface area contributed by atoms with Crippen molar-refractivity contribution in [1.29, 1.82) is 0 Å². The number of hydrogen-bond donors (Lipinski definition) is 2. The number of ether oxygens (including phenoxy) is 2. The van der Waals surface area contributed by atoms with E-state index < -0.39 is 6.61 Å². The van der Waals surface area contributed by atoms with Crippen molar-refractivity contribution in [1.82, 2.24) is 9.97 Å². The van der Waals surface area contributed by atoms with Crippen LogP contribution in [0.1, 0.15) is 5.82 Å². The van der Waals surface area contributed by atoms with E-state index in [1.54, 1.807) is 6.92 Å². The number of nitrogens with zero attached hydrogens (tertiary/aromatic N) is 2. The second kappa shape index (κ2) is 5.19. The number of aromatic nitrogens is 2. The van der Waals surface area contributed by atoms with Crippen molar-refractivity contribution < 1.29 is 18.3 Å². The third kappa shape index (κ3) is 2.63. The topological polar surface area (TPSA) is 82.3 Å². The lowest BCUT2D eigenvalue weighted by Crippen LogP contribution is -2.11. The molecule has 6 nitrogen and oxygen atoms in total. The molecule has 102 valence electrons. The highest BCUT2D eigenvalue weighted by Crippen LogP contribution is 2.34. The van der Waals surface area contributed by atoms with Crippen LogP contribution >= 0.6 is 0 Å². The first-order chi connectivity index (χ1) is 9.05. The molecule has 0 radical (unpaired) electrons. The Balaban J connectivity index is 2.66. The van der Waals surface area contributed by atoms with E-state index in [-0.39, 0.29) is 11.5 Å². The number of nitrogen functional groups attached to an aromatic ring is 1. The van der Waals surface area contributed by atoms with Crippen LogP contribution in [0.3, 0.4) is 0 Å². The minimum atomic E-state index is -2.94. The first kappa shape index (κ1) is 13.2. The van der Waals surface area contributed by atoms with Gasteiger partial charge in [0.1, 0.15) is 5.82 Å². The summed E-state index contributed by atoms with van der Waals surface area (Å²) in [5.74, 6) is 6.25. The molecule has 1 heterocycles. The molecule has 0 spiro atoms. The maximum absolute atomic E-state index is 12.3. The van der Waals surface area contributed by atoms with E-state index >= 15 is 0 Å². The van der Waals surface area contributed by atoms with Crippen molar-refractivity contribution in [2.45, 2.75) is 13.5 Å². The molecule has 0 amide bonds. The molecule has 19 heavy (non-hydrogen) atoms.